The van der Waals surface area contributed by atoms with Crippen LogP contribution in [0.25, 0.3) is 0 Å². The van der Waals surface area contributed by atoms with E-state index in [0.717, 1.165) is 57.8 Å². The van der Waals surface area contributed by atoms with Crippen LogP contribution in [-0.2, 0) is 28.6 Å². The Morgan fingerprint density at radius 3 is 0.925 bits per heavy atom. The van der Waals surface area contributed by atoms with E-state index in [4.69, 9.17) is 14.2 Å². The highest BCUT2D eigenvalue weighted by Crippen LogP contribution is 2.16. The van der Waals surface area contributed by atoms with Crippen LogP contribution in [0.3, 0.4) is 0 Å². The number of unbranched alkanes of at least 4 members (excludes halogenated alkanes) is 34. The second-order valence-corrected chi connectivity index (χ2v) is 19.6. The third-order valence-corrected chi connectivity index (χ3v) is 12.8. The van der Waals surface area contributed by atoms with Crippen molar-refractivity contribution in [2.75, 3.05) is 13.2 Å². The number of esters is 3. The van der Waals surface area contributed by atoms with Gasteiger partial charge in [0, 0.05) is 19.3 Å². The summed E-state index contributed by atoms with van der Waals surface area (Å²) in [4.78, 5) is 38.1. The molecule has 1 unspecified atom stereocenters. The summed E-state index contributed by atoms with van der Waals surface area (Å²) >= 11 is 0. The summed E-state index contributed by atoms with van der Waals surface area (Å²) in [5.74, 6) is -0.931. The Hall–Kier alpha value is -2.63. The number of carbonyl (C=O) groups is 3. The van der Waals surface area contributed by atoms with Crippen LogP contribution in [0.5, 0.6) is 0 Å². The van der Waals surface area contributed by atoms with E-state index in [1.54, 1.807) is 0 Å². The lowest BCUT2D eigenvalue weighted by Gasteiger charge is -2.18. The summed E-state index contributed by atoms with van der Waals surface area (Å²) in [6.45, 7) is 6.61. The molecule has 6 nitrogen and oxygen atoms in total. The van der Waals surface area contributed by atoms with E-state index in [1.807, 2.05) is 0 Å². The third kappa shape index (κ3) is 54.2. The molecule has 0 aliphatic rings. The first-order valence-corrected chi connectivity index (χ1v) is 29.1. The van der Waals surface area contributed by atoms with Gasteiger partial charge in [0.2, 0.25) is 0 Å². The van der Waals surface area contributed by atoms with Gasteiger partial charge in [0.15, 0.2) is 6.10 Å². The van der Waals surface area contributed by atoms with E-state index in [9.17, 15) is 14.4 Å². The first kappa shape index (κ1) is 64.4. The van der Waals surface area contributed by atoms with Gasteiger partial charge in [-0.1, -0.05) is 256 Å². The number of allylic oxidation sites excluding steroid dienone is 8. The maximum absolute atomic E-state index is 12.9. The number of ether oxygens (including phenoxy) is 3. The minimum atomic E-state index is -0.792. The molecule has 0 fully saturated rings. The van der Waals surface area contributed by atoms with E-state index in [1.165, 1.54) is 199 Å². The quantitative estimate of drug-likeness (QED) is 0.0262. The van der Waals surface area contributed by atoms with Crippen LogP contribution in [-0.4, -0.2) is 37.2 Å². The molecule has 0 saturated carbocycles. The van der Waals surface area contributed by atoms with Crippen molar-refractivity contribution in [3.8, 4) is 0 Å². The topological polar surface area (TPSA) is 78.9 Å². The minimum Gasteiger partial charge on any atom is -0.462 e. The molecular weight excluding hydrogens is 829 g/mol. The highest BCUT2D eigenvalue weighted by Gasteiger charge is 2.19. The molecule has 0 rings (SSSR count). The number of rotatable bonds is 53. The molecule has 0 amide bonds. The van der Waals surface area contributed by atoms with Gasteiger partial charge in [-0.15, -0.1) is 0 Å². The highest BCUT2D eigenvalue weighted by molar-refractivity contribution is 5.71. The second kappa shape index (κ2) is 56.0. The molecule has 390 valence electrons. The fourth-order valence-electron chi connectivity index (χ4n) is 8.40. The standard InChI is InChI=1S/C61H110O6/c1-4-7-10-13-16-19-22-25-28-30-33-36-39-42-45-48-51-54-60(63)66-57-58(56-65-59(62)53-50-47-44-41-38-35-32-27-24-21-18-15-12-9-6-3)67-61(64)55-52-49-46-43-40-37-34-31-29-26-23-20-17-14-11-8-5-2/h21,24-25,28,33,36,42,45,58H,4-20,22-23,26-27,29-32,34-35,37-41,43-44,46-57H2,1-3H3/b24-21-,28-25-,36-33-,45-42-. The van der Waals surface area contributed by atoms with Crippen LogP contribution >= 0.6 is 0 Å². The van der Waals surface area contributed by atoms with Crippen LogP contribution in [0.15, 0.2) is 48.6 Å². The molecule has 0 aromatic carbocycles. The summed E-state index contributed by atoms with van der Waals surface area (Å²) in [5, 5.41) is 0. The lowest BCUT2D eigenvalue weighted by Crippen LogP contribution is -2.30. The molecule has 67 heavy (non-hydrogen) atoms. The van der Waals surface area contributed by atoms with Crippen molar-refractivity contribution in [1.82, 2.24) is 0 Å². The van der Waals surface area contributed by atoms with Gasteiger partial charge in [-0.05, 0) is 77.0 Å². The average molecular weight is 940 g/mol. The van der Waals surface area contributed by atoms with Crippen molar-refractivity contribution < 1.29 is 28.6 Å². The minimum absolute atomic E-state index is 0.0880. The summed E-state index contributed by atoms with van der Waals surface area (Å²) in [6.07, 6.45) is 68.2. The van der Waals surface area contributed by atoms with Gasteiger partial charge in [0.25, 0.3) is 0 Å². The smallest absolute Gasteiger partial charge is 0.306 e. The Morgan fingerprint density at radius 2 is 0.552 bits per heavy atom. The van der Waals surface area contributed by atoms with Gasteiger partial charge in [-0.2, -0.15) is 0 Å². The molecule has 0 spiro atoms. The van der Waals surface area contributed by atoms with Crippen LogP contribution in [0.2, 0.25) is 0 Å². The molecule has 0 radical (unpaired) electrons. The van der Waals surface area contributed by atoms with Crippen molar-refractivity contribution in [2.45, 2.75) is 309 Å². The zero-order valence-electron chi connectivity index (χ0n) is 44.7. The van der Waals surface area contributed by atoms with Gasteiger partial charge in [0.05, 0.1) is 0 Å². The molecular formula is C61H110O6. The lowest BCUT2D eigenvalue weighted by molar-refractivity contribution is -0.167. The van der Waals surface area contributed by atoms with Crippen molar-refractivity contribution in [3.05, 3.63) is 48.6 Å². The Morgan fingerprint density at radius 1 is 0.299 bits per heavy atom. The van der Waals surface area contributed by atoms with Gasteiger partial charge in [-0.25, -0.2) is 0 Å². The van der Waals surface area contributed by atoms with E-state index >= 15 is 0 Å². The largest absolute Gasteiger partial charge is 0.462 e. The normalized spacial score (nSPS) is 12.3. The molecule has 0 N–H and O–H groups in total. The zero-order valence-corrected chi connectivity index (χ0v) is 44.7. The molecule has 0 heterocycles. The van der Waals surface area contributed by atoms with Crippen LogP contribution < -0.4 is 0 Å². The molecule has 0 aromatic rings. The summed E-state index contributed by atoms with van der Waals surface area (Å²) in [7, 11) is 0. The maximum Gasteiger partial charge on any atom is 0.306 e. The van der Waals surface area contributed by atoms with Crippen molar-refractivity contribution in [2.24, 2.45) is 0 Å². The van der Waals surface area contributed by atoms with Crippen LogP contribution in [0, 0.1) is 0 Å². The lowest BCUT2D eigenvalue weighted by atomic mass is 10.0. The average Bonchev–Trinajstić information content (AvgIpc) is 3.33. The highest BCUT2D eigenvalue weighted by atomic mass is 16.6. The predicted molar refractivity (Wildman–Crippen MR) is 289 cm³/mol. The monoisotopic (exact) mass is 939 g/mol. The molecule has 0 aromatic heterocycles. The first-order valence-electron chi connectivity index (χ1n) is 29.1. The van der Waals surface area contributed by atoms with Crippen molar-refractivity contribution in [1.29, 1.82) is 0 Å². The van der Waals surface area contributed by atoms with Gasteiger partial charge in [-0.3, -0.25) is 14.4 Å². The Bertz CT molecular complexity index is 1170. The molecule has 0 aliphatic heterocycles. The third-order valence-electron chi connectivity index (χ3n) is 12.8. The predicted octanol–water partition coefficient (Wildman–Crippen LogP) is 19.4. The number of hydrogen-bond donors (Lipinski definition) is 0. The summed E-state index contributed by atoms with van der Waals surface area (Å²) in [5.41, 5.74) is 0. The zero-order chi connectivity index (χ0) is 48.6. The van der Waals surface area contributed by atoms with Gasteiger partial charge >= 0.3 is 17.9 Å². The van der Waals surface area contributed by atoms with Crippen LogP contribution in [0.4, 0.5) is 0 Å². The van der Waals surface area contributed by atoms with Gasteiger partial charge < -0.3 is 14.2 Å². The number of hydrogen-bond acceptors (Lipinski definition) is 6. The maximum atomic E-state index is 12.9. The first-order chi connectivity index (χ1) is 33.0. The number of carbonyl (C=O) groups excluding carboxylic acids is 3. The Kier molecular flexibility index (Phi) is 53.8. The summed E-state index contributed by atoms with van der Waals surface area (Å²) in [6, 6.07) is 0. The van der Waals surface area contributed by atoms with E-state index in [-0.39, 0.29) is 31.1 Å². The fraction of sp³-hybridized carbons (Fsp3) is 0.820. The summed E-state index contributed by atoms with van der Waals surface area (Å²) < 4.78 is 16.8. The molecule has 0 aliphatic carbocycles. The Labute approximate surface area is 416 Å². The Balaban J connectivity index is 4.42. The van der Waals surface area contributed by atoms with Crippen molar-refractivity contribution >= 4 is 17.9 Å². The van der Waals surface area contributed by atoms with Gasteiger partial charge in [0.1, 0.15) is 13.2 Å². The fourth-order valence-corrected chi connectivity index (χ4v) is 8.40. The second-order valence-electron chi connectivity index (χ2n) is 19.6. The molecule has 0 saturated heterocycles. The van der Waals surface area contributed by atoms with Crippen molar-refractivity contribution in [3.63, 3.8) is 0 Å². The molecule has 6 heteroatoms. The molecule has 0 bridgehead atoms. The van der Waals surface area contributed by atoms with Crippen LogP contribution in [0.1, 0.15) is 303 Å². The van der Waals surface area contributed by atoms with E-state index in [0.29, 0.717) is 25.7 Å². The van der Waals surface area contributed by atoms with E-state index < -0.39 is 6.10 Å². The molecule has 1 atom stereocenters. The SMILES string of the molecule is CCCCCC/C=C\CCCCCCCCCC(=O)OCC(COC(=O)CCC/C=C\C/C=C\C/C=C\CCCCCCCC)OC(=O)CCCCCCCCCCCCCCCCCCC. The van der Waals surface area contributed by atoms with E-state index in [2.05, 4.69) is 69.4 Å².